The van der Waals surface area contributed by atoms with Crippen molar-refractivity contribution in [1.82, 2.24) is 0 Å². The van der Waals surface area contributed by atoms with Crippen LogP contribution in [-0.2, 0) is 6.61 Å². The van der Waals surface area contributed by atoms with Gasteiger partial charge in [-0.1, -0.05) is 12.1 Å². The molecule has 0 radical (unpaired) electrons. The molecule has 0 saturated carbocycles. The van der Waals surface area contributed by atoms with Crippen LogP contribution >= 0.6 is 0 Å². The van der Waals surface area contributed by atoms with Crippen LogP contribution in [0.25, 0.3) is 0 Å². The molecule has 4 heteroatoms. The Hall–Kier alpha value is -2.36. The summed E-state index contributed by atoms with van der Waals surface area (Å²) in [5.74, 6) is -0.809. The molecule has 0 heterocycles. The fourth-order valence-electron chi connectivity index (χ4n) is 1.88. The second kappa shape index (κ2) is 5.74. The van der Waals surface area contributed by atoms with E-state index >= 15 is 0 Å². The van der Waals surface area contributed by atoms with Crippen molar-refractivity contribution < 1.29 is 19.0 Å². The van der Waals surface area contributed by atoms with Crippen LogP contribution in [0, 0.1) is 19.7 Å². The predicted molar refractivity (Wildman–Crippen MR) is 73.6 cm³/mol. The minimum absolute atomic E-state index is 0.244. The molecule has 1 N–H and O–H groups in total. The van der Waals surface area contributed by atoms with Crippen molar-refractivity contribution in [1.29, 1.82) is 0 Å². The highest BCUT2D eigenvalue weighted by atomic mass is 19.1. The molecular formula is C16H15FO3. The molecule has 0 amide bonds. The van der Waals surface area contributed by atoms with E-state index in [0.717, 1.165) is 16.7 Å². The maximum absolute atomic E-state index is 13.1. The molecule has 0 fully saturated rings. The van der Waals surface area contributed by atoms with Crippen molar-refractivity contribution in [2.45, 2.75) is 20.5 Å². The molecule has 0 aliphatic rings. The van der Waals surface area contributed by atoms with E-state index in [9.17, 15) is 9.18 Å². The number of ether oxygens (including phenoxy) is 1. The summed E-state index contributed by atoms with van der Waals surface area (Å²) >= 11 is 0. The highest BCUT2D eigenvalue weighted by Crippen LogP contribution is 2.21. The van der Waals surface area contributed by atoms with Gasteiger partial charge in [0.1, 0.15) is 18.2 Å². The lowest BCUT2D eigenvalue weighted by molar-refractivity contribution is 0.0696. The molecule has 0 bridgehead atoms. The van der Waals surface area contributed by atoms with Crippen molar-refractivity contribution in [2.75, 3.05) is 0 Å². The van der Waals surface area contributed by atoms with Gasteiger partial charge in [-0.3, -0.25) is 0 Å². The second-order valence-electron chi connectivity index (χ2n) is 4.64. The first-order valence-corrected chi connectivity index (χ1v) is 6.19. The zero-order valence-electron chi connectivity index (χ0n) is 11.3. The van der Waals surface area contributed by atoms with Gasteiger partial charge in [-0.25, -0.2) is 9.18 Å². The number of carboxylic acids is 1. The molecule has 0 aromatic heterocycles. The minimum Gasteiger partial charge on any atom is -0.489 e. The van der Waals surface area contributed by atoms with Gasteiger partial charge >= 0.3 is 5.97 Å². The standard InChI is InChI=1S/C16H15FO3/c1-10-3-6-14(17)8-15(10)20-9-13-5-4-12(16(18)19)7-11(13)2/h3-8H,9H2,1-2H3,(H,18,19). The van der Waals surface area contributed by atoms with E-state index in [-0.39, 0.29) is 18.0 Å². The highest BCUT2D eigenvalue weighted by molar-refractivity contribution is 5.87. The maximum Gasteiger partial charge on any atom is 0.335 e. The van der Waals surface area contributed by atoms with Crippen molar-refractivity contribution in [3.8, 4) is 5.75 Å². The largest absolute Gasteiger partial charge is 0.489 e. The maximum atomic E-state index is 13.1. The van der Waals surface area contributed by atoms with E-state index in [1.54, 1.807) is 18.2 Å². The van der Waals surface area contributed by atoms with Crippen molar-refractivity contribution in [3.05, 3.63) is 64.5 Å². The summed E-state index contributed by atoms with van der Waals surface area (Å²) in [6.07, 6.45) is 0. The van der Waals surface area contributed by atoms with Crippen LogP contribution in [-0.4, -0.2) is 11.1 Å². The molecule has 0 unspecified atom stereocenters. The van der Waals surface area contributed by atoms with Gasteiger partial charge in [0.2, 0.25) is 0 Å². The number of halogens is 1. The van der Waals surface area contributed by atoms with Gasteiger partial charge < -0.3 is 9.84 Å². The number of hydrogen-bond donors (Lipinski definition) is 1. The van der Waals surface area contributed by atoms with Gasteiger partial charge in [0.25, 0.3) is 0 Å². The Morgan fingerprint density at radius 3 is 2.55 bits per heavy atom. The number of carbonyl (C=O) groups is 1. The lowest BCUT2D eigenvalue weighted by Gasteiger charge is -2.11. The summed E-state index contributed by atoms with van der Waals surface area (Å²) in [7, 11) is 0. The summed E-state index contributed by atoms with van der Waals surface area (Å²) in [6.45, 7) is 3.94. The van der Waals surface area contributed by atoms with Gasteiger partial charge in [0.05, 0.1) is 5.56 Å². The first kappa shape index (κ1) is 14.1. The quantitative estimate of drug-likeness (QED) is 0.924. The molecule has 2 aromatic rings. The van der Waals surface area contributed by atoms with E-state index in [1.165, 1.54) is 18.2 Å². The van der Waals surface area contributed by atoms with Crippen molar-refractivity contribution in [2.24, 2.45) is 0 Å². The molecule has 0 saturated heterocycles. The summed E-state index contributed by atoms with van der Waals surface area (Å²) in [6, 6.07) is 9.23. The molecule has 0 aliphatic heterocycles. The Kier molecular flexibility index (Phi) is 4.03. The number of aromatic carboxylic acids is 1. The molecule has 2 aromatic carbocycles. The highest BCUT2D eigenvalue weighted by Gasteiger charge is 2.07. The zero-order valence-corrected chi connectivity index (χ0v) is 11.3. The first-order chi connectivity index (χ1) is 9.47. The second-order valence-corrected chi connectivity index (χ2v) is 4.64. The molecule has 0 atom stereocenters. The van der Waals surface area contributed by atoms with Crippen LogP contribution in [0.2, 0.25) is 0 Å². The summed E-state index contributed by atoms with van der Waals surface area (Å²) < 4.78 is 18.7. The number of benzene rings is 2. The fourth-order valence-corrected chi connectivity index (χ4v) is 1.88. The zero-order chi connectivity index (χ0) is 14.7. The molecule has 2 rings (SSSR count). The summed E-state index contributed by atoms with van der Waals surface area (Å²) in [5.41, 5.74) is 2.80. The van der Waals surface area contributed by atoms with E-state index in [0.29, 0.717) is 5.75 Å². The third-order valence-electron chi connectivity index (χ3n) is 3.12. The Morgan fingerprint density at radius 1 is 1.15 bits per heavy atom. The first-order valence-electron chi connectivity index (χ1n) is 6.19. The van der Waals surface area contributed by atoms with Crippen LogP contribution in [0.1, 0.15) is 27.0 Å². The lowest BCUT2D eigenvalue weighted by atomic mass is 10.1. The van der Waals surface area contributed by atoms with Gasteiger partial charge in [0.15, 0.2) is 0 Å². The Labute approximate surface area is 116 Å². The third-order valence-corrected chi connectivity index (χ3v) is 3.12. The topological polar surface area (TPSA) is 46.5 Å². The SMILES string of the molecule is Cc1cc(C(=O)O)ccc1COc1cc(F)ccc1C. The van der Waals surface area contributed by atoms with Gasteiger partial charge in [0, 0.05) is 6.07 Å². The molecule has 3 nitrogen and oxygen atoms in total. The lowest BCUT2D eigenvalue weighted by Crippen LogP contribution is -2.02. The molecule has 104 valence electrons. The van der Waals surface area contributed by atoms with Crippen LogP contribution in [0.5, 0.6) is 5.75 Å². The minimum atomic E-state index is -0.957. The van der Waals surface area contributed by atoms with Gasteiger partial charge in [-0.15, -0.1) is 0 Å². The van der Waals surface area contributed by atoms with E-state index in [4.69, 9.17) is 9.84 Å². The fraction of sp³-hybridized carbons (Fsp3) is 0.188. The average molecular weight is 274 g/mol. The van der Waals surface area contributed by atoms with Crippen LogP contribution in [0.3, 0.4) is 0 Å². The molecular weight excluding hydrogens is 259 g/mol. The molecule has 0 spiro atoms. The Morgan fingerprint density at radius 2 is 1.90 bits per heavy atom. The van der Waals surface area contributed by atoms with Crippen LogP contribution in [0.4, 0.5) is 4.39 Å². The van der Waals surface area contributed by atoms with Gasteiger partial charge in [-0.05, 0) is 48.7 Å². The van der Waals surface area contributed by atoms with E-state index < -0.39 is 5.97 Å². The normalized spacial score (nSPS) is 10.3. The number of carboxylic acid groups (broad SMARTS) is 1. The van der Waals surface area contributed by atoms with Crippen LogP contribution < -0.4 is 4.74 Å². The number of aryl methyl sites for hydroxylation is 2. The average Bonchev–Trinajstić information content (AvgIpc) is 2.40. The summed E-state index contributed by atoms with van der Waals surface area (Å²) in [5, 5.41) is 8.90. The molecule has 0 aliphatic carbocycles. The predicted octanol–water partition coefficient (Wildman–Crippen LogP) is 3.72. The van der Waals surface area contributed by atoms with Crippen LogP contribution in [0.15, 0.2) is 36.4 Å². The Bertz CT molecular complexity index is 650. The monoisotopic (exact) mass is 274 g/mol. The third kappa shape index (κ3) is 3.15. The van der Waals surface area contributed by atoms with Crippen molar-refractivity contribution in [3.63, 3.8) is 0 Å². The molecule has 20 heavy (non-hydrogen) atoms. The smallest absolute Gasteiger partial charge is 0.335 e. The number of rotatable bonds is 4. The van der Waals surface area contributed by atoms with E-state index in [2.05, 4.69) is 0 Å². The number of hydrogen-bond acceptors (Lipinski definition) is 2. The van der Waals surface area contributed by atoms with Gasteiger partial charge in [-0.2, -0.15) is 0 Å². The van der Waals surface area contributed by atoms with Crippen molar-refractivity contribution >= 4 is 5.97 Å². The summed E-state index contributed by atoms with van der Waals surface area (Å²) in [4.78, 5) is 10.9. The van der Waals surface area contributed by atoms with E-state index in [1.807, 2.05) is 13.8 Å². The Balaban J connectivity index is 2.15.